The molecule has 0 aliphatic heterocycles. The van der Waals surface area contributed by atoms with E-state index in [1.54, 1.807) is 14.0 Å². The highest BCUT2D eigenvalue weighted by atomic mass is 127. The Balaban J connectivity index is 0.00000264. The number of rotatable bonds is 6. The molecule has 9 heteroatoms. The van der Waals surface area contributed by atoms with Gasteiger partial charge < -0.3 is 19.7 Å². The Kier molecular flexibility index (Phi) is 8.00. The Morgan fingerprint density at radius 1 is 1.09 bits per heavy atom. The molecule has 0 radical (unpaired) electrons. The van der Waals surface area contributed by atoms with Crippen LogP contribution < -0.4 is 10.6 Å². The number of hydrogen-bond donors (Lipinski definition) is 2. The first-order chi connectivity index (χ1) is 10.7. The van der Waals surface area contributed by atoms with E-state index in [9.17, 15) is 0 Å². The summed E-state index contributed by atoms with van der Waals surface area (Å²) in [6, 6.07) is 0. The number of aryl methyl sites for hydroxylation is 3. The highest BCUT2D eigenvalue weighted by molar-refractivity contribution is 14.0. The number of hydrogen-bond acceptors (Lipinski definition) is 6. The molecule has 0 aromatic carbocycles. The second-order valence-corrected chi connectivity index (χ2v) is 4.75. The zero-order chi connectivity index (χ0) is 15.9. The average Bonchev–Trinajstić information content (AvgIpc) is 3.13. The standard InChI is InChI=1S/C14H22N6O2.HI/c1-5-11-10(12(6-2)22-19-11)7-16-14(15-4)17-8-13-18-9(3)21-20-13;/h5-8H2,1-4H3,(H2,15,16,17);1H. The van der Waals surface area contributed by atoms with Gasteiger partial charge in [0.15, 0.2) is 11.8 Å². The molecule has 0 spiro atoms. The Morgan fingerprint density at radius 3 is 2.39 bits per heavy atom. The zero-order valence-corrected chi connectivity index (χ0v) is 16.2. The first-order valence-corrected chi connectivity index (χ1v) is 7.37. The molecule has 0 unspecified atom stereocenters. The monoisotopic (exact) mass is 434 g/mol. The highest BCUT2D eigenvalue weighted by Crippen LogP contribution is 2.15. The summed E-state index contributed by atoms with van der Waals surface area (Å²) < 4.78 is 10.3. The maximum atomic E-state index is 5.35. The summed E-state index contributed by atoms with van der Waals surface area (Å²) in [4.78, 5) is 8.31. The van der Waals surface area contributed by atoms with Gasteiger partial charge in [0.2, 0.25) is 5.89 Å². The summed E-state index contributed by atoms with van der Waals surface area (Å²) in [6.45, 7) is 6.93. The van der Waals surface area contributed by atoms with Crippen molar-refractivity contribution in [2.75, 3.05) is 7.05 Å². The maximum absolute atomic E-state index is 5.35. The van der Waals surface area contributed by atoms with Gasteiger partial charge >= 0.3 is 0 Å². The van der Waals surface area contributed by atoms with Crippen molar-refractivity contribution in [1.29, 1.82) is 0 Å². The summed E-state index contributed by atoms with van der Waals surface area (Å²) >= 11 is 0. The lowest BCUT2D eigenvalue weighted by atomic mass is 10.1. The second-order valence-electron chi connectivity index (χ2n) is 4.75. The normalized spacial score (nSPS) is 11.2. The van der Waals surface area contributed by atoms with E-state index in [0.717, 1.165) is 29.9 Å². The molecule has 2 aromatic heterocycles. The molecule has 23 heavy (non-hydrogen) atoms. The third-order valence-corrected chi connectivity index (χ3v) is 3.25. The molecule has 0 aliphatic rings. The van der Waals surface area contributed by atoms with Crippen LogP contribution in [-0.2, 0) is 25.9 Å². The molecule has 128 valence electrons. The summed E-state index contributed by atoms with van der Waals surface area (Å²) in [5.41, 5.74) is 2.08. The minimum Gasteiger partial charge on any atom is -0.361 e. The minimum absolute atomic E-state index is 0. The SMILES string of the molecule is CCc1noc(CC)c1CNC(=NC)NCc1noc(C)n1.I. The number of nitrogens with one attached hydrogen (secondary N) is 2. The van der Waals surface area contributed by atoms with Crippen molar-refractivity contribution in [3.8, 4) is 0 Å². The predicted molar refractivity (Wildman–Crippen MR) is 96.7 cm³/mol. The lowest BCUT2D eigenvalue weighted by Crippen LogP contribution is -2.36. The molecule has 0 atom stereocenters. The number of guanidine groups is 1. The number of nitrogens with zero attached hydrogens (tertiary/aromatic N) is 4. The summed E-state index contributed by atoms with van der Waals surface area (Å²) in [5.74, 6) is 2.71. The fraction of sp³-hybridized carbons (Fsp3) is 0.571. The van der Waals surface area contributed by atoms with Gasteiger partial charge in [-0.25, -0.2) is 0 Å². The van der Waals surface area contributed by atoms with Crippen LogP contribution in [0.25, 0.3) is 0 Å². The van der Waals surface area contributed by atoms with Gasteiger partial charge in [0.1, 0.15) is 5.76 Å². The summed E-state index contributed by atoms with van der Waals surface area (Å²) in [6.07, 6.45) is 1.66. The molecular formula is C14H23IN6O2. The molecular weight excluding hydrogens is 411 g/mol. The number of aliphatic imine (C=N–C) groups is 1. The molecule has 0 saturated heterocycles. The van der Waals surface area contributed by atoms with Gasteiger partial charge in [0, 0.05) is 32.5 Å². The van der Waals surface area contributed by atoms with Crippen LogP contribution in [0.4, 0.5) is 0 Å². The highest BCUT2D eigenvalue weighted by Gasteiger charge is 2.13. The van der Waals surface area contributed by atoms with Crippen LogP contribution in [0.2, 0.25) is 0 Å². The number of aromatic nitrogens is 3. The predicted octanol–water partition coefficient (Wildman–Crippen LogP) is 1.97. The van der Waals surface area contributed by atoms with Gasteiger partial charge in [0.25, 0.3) is 0 Å². The van der Waals surface area contributed by atoms with Crippen molar-refractivity contribution in [1.82, 2.24) is 25.9 Å². The zero-order valence-electron chi connectivity index (χ0n) is 13.8. The molecule has 2 heterocycles. The van der Waals surface area contributed by atoms with Crippen LogP contribution in [0.1, 0.15) is 42.6 Å². The molecule has 0 amide bonds. The largest absolute Gasteiger partial charge is 0.361 e. The van der Waals surface area contributed by atoms with Gasteiger partial charge in [-0.3, -0.25) is 4.99 Å². The third-order valence-electron chi connectivity index (χ3n) is 3.25. The summed E-state index contributed by atoms with van der Waals surface area (Å²) in [7, 11) is 1.71. The molecule has 2 aromatic rings. The van der Waals surface area contributed by atoms with Gasteiger partial charge in [0.05, 0.1) is 12.2 Å². The molecule has 0 fully saturated rings. The van der Waals surface area contributed by atoms with Crippen molar-refractivity contribution >= 4 is 29.9 Å². The van der Waals surface area contributed by atoms with E-state index in [-0.39, 0.29) is 24.0 Å². The van der Waals surface area contributed by atoms with E-state index in [1.165, 1.54) is 0 Å². The first kappa shape index (κ1) is 19.4. The van der Waals surface area contributed by atoms with E-state index in [2.05, 4.69) is 44.8 Å². The van der Waals surface area contributed by atoms with Gasteiger partial charge in [-0.2, -0.15) is 4.98 Å². The van der Waals surface area contributed by atoms with E-state index >= 15 is 0 Å². The molecule has 8 nitrogen and oxygen atoms in total. The van der Waals surface area contributed by atoms with E-state index in [1.807, 2.05) is 0 Å². The minimum atomic E-state index is 0. The van der Waals surface area contributed by atoms with Gasteiger partial charge in [-0.15, -0.1) is 24.0 Å². The topological polar surface area (TPSA) is 101 Å². The van der Waals surface area contributed by atoms with Crippen molar-refractivity contribution in [2.45, 2.75) is 46.7 Å². The maximum Gasteiger partial charge on any atom is 0.223 e. The Labute approximate surface area is 152 Å². The number of halogens is 1. The van der Waals surface area contributed by atoms with E-state index < -0.39 is 0 Å². The van der Waals surface area contributed by atoms with Crippen LogP contribution in [0, 0.1) is 6.92 Å². The van der Waals surface area contributed by atoms with Crippen LogP contribution in [0.3, 0.4) is 0 Å². The quantitative estimate of drug-likeness (QED) is 0.407. The van der Waals surface area contributed by atoms with Gasteiger partial charge in [-0.1, -0.05) is 24.2 Å². The Bertz CT molecular complexity index is 616. The van der Waals surface area contributed by atoms with Crippen molar-refractivity contribution < 1.29 is 9.05 Å². The second kappa shape index (κ2) is 9.48. The molecule has 2 rings (SSSR count). The van der Waals surface area contributed by atoms with Crippen molar-refractivity contribution in [2.24, 2.45) is 4.99 Å². The smallest absolute Gasteiger partial charge is 0.223 e. The Morgan fingerprint density at radius 2 is 1.83 bits per heavy atom. The lowest BCUT2D eigenvalue weighted by molar-refractivity contribution is 0.380. The molecule has 0 saturated carbocycles. The molecule has 0 aliphatic carbocycles. The van der Waals surface area contributed by atoms with Crippen LogP contribution in [-0.4, -0.2) is 28.3 Å². The molecule has 2 N–H and O–H groups in total. The van der Waals surface area contributed by atoms with Crippen molar-refractivity contribution in [3.05, 3.63) is 28.7 Å². The van der Waals surface area contributed by atoms with Gasteiger partial charge in [-0.05, 0) is 6.42 Å². The van der Waals surface area contributed by atoms with Crippen LogP contribution in [0.5, 0.6) is 0 Å². The van der Waals surface area contributed by atoms with Crippen LogP contribution >= 0.6 is 24.0 Å². The Hall–Kier alpha value is -1.65. The van der Waals surface area contributed by atoms with E-state index in [4.69, 9.17) is 9.05 Å². The fourth-order valence-corrected chi connectivity index (χ4v) is 2.11. The molecule has 0 bridgehead atoms. The average molecular weight is 434 g/mol. The van der Waals surface area contributed by atoms with Crippen molar-refractivity contribution in [3.63, 3.8) is 0 Å². The van der Waals surface area contributed by atoms with Crippen LogP contribution in [0.15, 0.2) is 14.0 Å². The lowest BCUT2D eigenvalue weighted by Gasteiger charge is -2.10. The van der Waals surface area contributed by atoms with E-state index in [0.29, 0.717) is 30.8 Å². The summed E-state index contributed by atoms with van der Waals surface area (Å²) in [5, 5.41) is 14.3. The first-order valence-electron chi connectivity index (χ1n) is 7.37. The fourth-order valence-electron chi connectivity index (χ4n) is 2.11. The third kappa shape index (κ3) is 5.19.